The van der Waals surface area contributed by atoms with Crippen molar-refractivity contribution in [2.45, 2.75) is 96.8 Å². The molecule has 7 rings (SSSR count). The Bertz CT molecular complexity index is 2090. The molecule has 2 aliphatic heterocycles. The van der Waals surface area contributed by atoms with Gasteiger partial charge in [-0.05, 0) is 91.2 Å². The molecule has 4 N–H and O–H groups in total. The number of carbonyl (C=O) groups is 4. The maximum Gasteiger partial charge on any atom is 0.407 e. The lowest BCUT2D eigenvalue weighted by Crippen LogP contribution is -2.51. The van der Waals surface area contributed by atoms with E-state index < -0.39 is 24.3 Å². The second-order valence-corrected chi connectivity index (χ2v) is 16.7. The van der Waals surface area contributed by atoms with Gasteiger partial charge in [-0.1, -0.05) is 39.8 Å². The summed E-state index contributed by atoms with van der Waals surface area (Å²) in [4.78, 5) is 73.9. The molecule has 3 aromatic heterocycles. The van der Waals surface area contributed by atoms with Crippen molar-refractivity contribution in [1.29, 1.82) is 0 Å². The SMILES string of the molecule is COC(=O)N[C@H](C(=O)N1CCC[C@H]1c1ncc(-c2ccc3c(c2)CCCc2cc(-c4cnc([C@@H]5CCCN5C(=O)[C@@H](NC(=O)OC)C(C)C)[nH]4)sc2-3)[nH]1)C(C)C. The first kappa shape index (κ1) is 39.1. The maximum absolute atomic E-state index is 13.7. The molecule has 14 nitrogen and oxygen atoms in total. The van der Waals surface area contributed by atoms with Gasteiger partial charge in [0, 0.05) is 18.0 Å². The number of nitrogens with one attached hydrogen (secondary N) is 4. The molecular weight excluding hydrogens is 733 g/mol. The van der Waals surface area contributed by atoms with Crippen LogP contribution in [0.3, 0.4) is 0 Å². The predicted molar refractivity (Wildman–Crippen MR) is 213 cm³/mol. The van der Waals surface area contributed by atoms with E-state index in [1.807, 2.05) is 49.9 Å². The predicted octanol–water partition coefficient (Wildman–Crippen LogP) is 6.77. The van der Waals surface area contributed by atoms with Crippen LogP contribution in [0.1, 0.15) is 94.7 Å². The van der Waals surface area contributed by atoms with Crippen LogP contribution >= 0.6 is 11.3 Å². The molecule has 1 aromatic carbocycles. The van der Waals surface area contributed by atoms with Crippen LogP contribution in [0.4, 0.5) is 9.59 Å². The Morgan fingerprint density at radius 2 is 1.29 bits per heavy atom. The van der Waals surface area contributed by atoms with Gasteiger partial charge in [-0.25, -0.2) is 19.6 Å². The van der Waals surface area contributed by atoms with Gasteiger partial charge in [0.1, 0.15) is 23.7 Å². The van der Waals surface area contributed by atoms with Crippen molar-refractivity contribution in [2.24, 2.45) is 11.8 Å². The normalized spacial score (nSPS) is 19.0. The molecule has 4 aromatic rings. The van der Waals surface area contributed by atoms with E-state index in [-0.39, 0.29) is 35.7 Å². The van der Waals surface area contributed by atoms with Crippen molar-refractivity contribution >= 4 is 35.3 Å². The summed E-state index contributed by atoms with van der Waals surface area (Å²) in [6.07, 6.45) is 8.72. The molecular formula is C41H52N8O6S. The molecule has 0 unspecified atom stereocenters. The Balaban J connectivity index is 1.08. The highest BCUT2D eigenvalue weighted by Crippen LogP contribution is 2.44. The molecule has 2 fully saturated rings. The Kier molecular flexibility index (Phi) is 11.5. The molecule has 0 saturated carbocycles. The van der Waals surface area contributed by atoms with Crippen LogP contribution in [0.5, 0.6) is 0 Å². The zero-order chi connectivity index (χ0) is 39.7. The number of likely N-dealkylation sites (tertiary alicyclic amines) is 2. The lowest BCUT2D eigenvalue weighted by Gasteiger charge is -2.30. The summed E-state index contributed by atoms with van der Waals surface area (Å²) < 4.78 is 9.56. The first-order valence-corrected chi connectivity index (χ1v) is 20.5. The smallest absolute Gasteiger partial charge is 0.407 e. The van der Waals surface area contributed by atoms with Crippen LogP contribution in [-0.2, 0) is 31.9 Å². The molecule has 4 amide bonds. The number of aryl methyl sites for hydroxylation is 2. The van der Waals surface area contributed by atoms with Crippen molar-refractivity contribution in [3.63, 3.8) is 0 Å². The summed E-state index contributed by atoms with van der Waals surface area (Å²) in [5.41, 5.74) is 6.69. The summed E-state index contributed by atoms with van der Waals surface area (Å²) >= 11 is 1.76. The number of amides is 4. The summed E-state index contributed by atoms with van der Waals surface area (Å²) in [5.74, 6) is 1.03. The van der Waals surface area contributed by atoms with Gasteiger partial charge >= 0.3 is 12.2 Å². The molecule has 0 spiro atoms. The van der Waals surface area contributed by atoms with Gasteiger partial charge in [0.25, 0.3) is 0 Å². The number of carbonyl (C=O) groups excluding carboxylic acids is 4. The third-order valence-electron chi connectivity index (χ3n) is 11.3. The van der Waals surface area contributed by atoms with Gasteiger partial charge in [0.15, 0.2) is 0 Å². The minimum absolute atomic E-state index is 0.102. The number of fused-ring (bicyclic) bond motifs is 3. The molecule has 15 heteroatoms. The van der Waals surface area contributed by atoms with E-state index in [4.69, 9.17) is 19.4 Å². The largest absolute Gasteiger partial charge is 0.453 e. The molecule has 0 bridgehead atoms. The maximum atomic E-state index is 13.7. The lowest BCUT2D eigenvalue weighted by atomic mass is 9.99. The summed E-state index contributed by atoms with van der Waals surface area (Å²) in [6, 6.07) is 7.10. The molecule has 4 atom stereocenters. The fourth-order valence-corrected chi connectivity index (χ4v) is 9.54. The first-order chi connectivity index (χ1) is 27.0. The van der Waals surface area contributed by atoms with Gasteiger partial charge in [-0.3, -0.25) is 9.59 Å². The third kappa shape index (κ3) is 7.78. The van der Waals surface area contributed by atoms with Crippen LogP contribution in [0.25, 0.3) is 32.3 Å². The van der Waals surface area contributed by atoms with E-state index in [1.165, 1.54) is 35.8 Å². The van der Waals surface area contributed by atoms with Crippen LogP contribution < -0.4 is 10.6 Å². The van der Waals surface area contributed by atoms with Crippen molar-refractivity contribution in [1.82, 2.24) is 40.4 Å². The summed E-state index contributed by atoms with van der Waals surface area (Å²) in [5, 5.41) is 5.43. The fraction of sp³-hybridized carbons (Fsp3) is 0.512. The zero-order valence-corrected chi connectivity index (χ0v) is 33.8. The number of alkyl carbamates (subject to hydrolysis) is 2. The second kappa shape index (κ2) is 16.5. The average molecular weight is 785 g/mol. The Morgan fingerprint density at radius 3 is 1.84 bits per heavy atom. The fourth-order valence-electron chi connectivity index (χ4n) is 8.30. The number of aromatic amines is 2. The molecule has 1 aliphatic carbocycles. The summed E-state index contributed by atoms with van der Waals surface area (Å²) in [6.45, 7) is 8.85. The topological polar surface area (TPSA) is 175 Å². The minimum atomic E-state index is -0.686. The lowest BCUT2D eigenvalue weighted by molar-refractivity contribution is -0.136. The minimum Gasteiger partial charge on any atom is -0.453 e. The summed E-state index contributed by atoms with van der Waals surface area (Å²) in [7, 11) is 2.59. The van der Waals surface area contributed by atoms with E-state index in [0.717, 1.165) is 78.4 Å². The van der Waals surface area contributed by atoms with Crippen molar-refractivity contribution in [2.75, 3.05) is 27.3 Å². The average Bonchev–Trinajstić information content (AvgIpc) is 4.04. The monoisotopic (exact) mass is 784 g/mol. The molecule has 56 heavy (non-hydrogen) atoms. The quantitative estimate of drug-likeness (QED) is 0.136. The highest BCUT2D eigenvalue weighted by atomic mass is 32.1. The van der Waals surface area contributed by atoms with Crippen LogP contribution in [0, 0.1) is 11.8 Å². The number of nitrogens with zero attached hydrogens (tertiary/aromatic N) is 4. The number of ether oxygens (including phenoxy) is 2. The number of hydrogen-bond acceptors (Lipinski definition) is 9. The van der Waals surface area contributed by atoms with Gasteiger partial charge in [-0.2, -0.15) is 0 Å². The van der Waals surface area contributed by atoms with Crippen LogP contribution in [0.2, 0.25) is 0 Å². The van der Waals surface area contributed by atoms with Crippen LogP contribution in [0.15, 0.2) is 36.7 Å². The Hall–Kier alpha value is -5.18. The molecule has 298 valence electrons. The van der Waals surface area contributed by atoms with Crippen LogP contribution in [-0.4, -0.2) is 93.1 Å². The van der Waals surface area contributed by atoms with E-state index >= 15 is 0 Å². The van der Waals surface area contributed by atoms with Crippen molar-refractivity contribution in [3.05, 3.63) is 59.4 Å². The molecule has 5 heterocycles. The highest BCUT2D eigenvalue weighted by Gasteiger charge is 2.39. The van der Waals surface area contributed by atoms with E-state index in [0.29, 0.717) is 13.1 Å². The van der Waals surface area contributed by atoms with Gasteiger partial charge in [0.2, 0.25) is 11.8 Å². The number of thiophene rings is 1. The van der Waals surface area contributed by atoms with E-state index in [1.54, 1.807) is 11.3 Å². The number of aromatic nitrogens is 4. The molecule has 2 saturated heterocycles. The first-order valence-electron chi connectivity index (χ1n) is 19.6. The van der Waals surface area contributed by atoms with Gasteiger partial charge in [-0.15, -0.1) is 11.3 Å². The Morgan fingerprint density at radius 1 is 0.750 bits per heavy atom. The number of imidazole rings is 2. The molecule has 3 aliphatic rings. The van der Waals surface area contributed by atoms with Gasteiger partial charge in [0.05, 0.1) is 55.0 Å². The van der Waals surface area contributed by atoms with Gasteiger partial charge < -0.3 is 39.9 Å². The zero-order valence-electron chi connectivity index (χ0n) is 32.9. The second-order valence-electron chi connectivity index (χ2n) is 15.6. The van der Waals surface area contributed by atoms with Crippen molar-refractivity contribution in [3.8, 4) is 32.3 Å². The van der Waals surface area contributed by atoms with Crippen molar-refractivity contribution < 1.29 is 28.7 Å². The number of methoxy groups -OCH3 is 2. The van der Waals surface area contributed by atoms with E-state index in [9.17, 15) is 19.2 Å². The standard InChI is InChI=1S/C41H52N8O6S/c1-22(2)33(46-40(52)54-5)38(50)48-16-8-12-30(48)36-42-20-28(44-36)25-14-15-27-24(18-25)10-7-11-26-19-32(56-35(26)27)29-21-43-37(45-29)31-13-9-17-49(31)39(51)34(23(3)4)47-41(53)55-6/h14-15,18-23,30-31,33-34H,7-13,16-17H2,1-6H3,(H,42,44)(H,43,45)(H,46,52)(H,47,53)/t30-,31-,33-,34-/m0/s1. The molecule has 0 radical (unpaired) electrons. The number of rotatable bonds is 10. The number of hydrogen-bond donors (Lipinski definition) is 4. The van der Waals surface area contributed by atoms with E-state index in [2.05, 4.69) is 44.9 Å². The Labute approximate surface area is 331 Å². The highest BCUT2D eigenvalue weighted by molar-refractivity contribution is 7.19. The third-order valence-corrected chi connectivity index (χ3v) is 12.5. The number of H-pyrrole nitrogens is 2. The number of benzene rings is 1.